The molecule has 2 heterocycles. The lowest BCUT2D eigenvalue weighted by Gasteiger charge is -2.25. The van der Waals surface area contributed by atoms with Gasteiger partial charge in [0, 0.05) is 18.9 Å². The summed E-state index contributed by atoms with van der Waals surface area (Å²) in [7, 11) is 0. The second kappa shape index (κ2) is 3.35. The van der Waals surface area contributed by atoms with Gasteiger partial charge in [0.05, 0.1) is 6.67 Å². The molecule has 0 spiro atoms. The number of allylic oxidation sites excluding steroid dienone is 2. The van der Waals surface area contributed by atoms with E-state index in [1.807, 2.05) is 29.5 Å². The first-order chi connectivity index (χ1) is 6.42. The molecule has 0 saturated heterocycles. The summed E-state index contributed by atoms with van der Waals surface area (Å²) >= 11 is 0. The van der Waals surface area contributed by atoms with E-state index >= 15 is 0 Å². The fourth-order valence-electron chi connectivity index (χ4n) is 1.42. The van der Waals surface area contributed by atoms with Crippen LogP contribution in [0.1, 0.15) is 0 Å². The Hall–Kier alpha value is -1.71. The maximum atomic E-state index is 10.1. The van der Waals surface area contributed by atoms with Gasteiger partial charge in [0.25, 0.3) is 0 Å². The van der Waals surface area contributed by atoms with Crippen molar-refractivity contribution in [3.05, 3.63) is 36.4 Å². The Bertz CT molecular complexity index is 293. The van der Waals surface area contributed by atoms with Crippen LogP contribution >= 0.6 is 0 Å². The van der Waals surface area contributed by atoms with E-state index in [1.54, 1.807) is 0 Å². The summed E-state index contributed by atoms with van der Waals surface area (Å²) in [5.41, 5.74) is 0. The SMILES string of the molecule is O=CNCN1C=CN2CC=CC=C21. The number of hydrogen-bond acceptors (Lipinski definition) is 3. The first-order valence-electron chi connectivity index (χ1n) is 4.17. The molecule has 2 aliphatic rings. The van der Waals surface area contributed by atoms with Crippen LogP contribution in [-0.4, -0.2) is 29.4 Å². The number of amides is 1. The molecule has 0 aromatic carbocycles. The minimum atomic E-state index is 0.524. The molecular formula is C9H11N3O. The van der Waals surface area contributed by atoms with Gasteiger partial charge in [0.1, 0.15) is 5.82 Å². The monoisotopic (exact) mass is 177 g/mol. The van der Waals surface area contributed by atoms with Crippen LogP contribution < -0.4 is 5.32 Å². The smallest absolute Gasteiger partial charge is 0.208 e. The number of nitrogens with zero attached hydrogens (tertiary/aromatic N) is 2. The minimum Gasteiger partial charge on any atom is -0.341 e. The van der Waals surface area contributed by atoms with E-state index in [0.29, 0.717) is 13.1 Å². The van der Waals surface area contributed by atoms with Crippen molar-refractivity contribution < 1.29 is 4.79 Å². The molecule has 0 radical (unpaired) electrons. The van der Waals surface area contributed by atoms with Crippen molar-refractivity contribution in [3.8, 4) is 0 Å². The van der Waals surface area contributed by atoms with Crippen LogP contribution in [0.15, 0.2) is 36.4 Å². The molecule has 0 unspecified atom stereocenters. The third-order valence-corrected chi connectivity index (χ3v) is 2.04. The number of nitrogens with one attached hydrogen (secondary N) is 1. The predicted octanol–water partition coefficient (Wildman–Crippen LogP) is 0.190. The Morgan fingerprint density at radius 1 is 1.54 bits per heavy atom. The van der Waals surface area contributed by atoms with Crippen molar-refractivity contribution in [1.82, 2.24) is 15.1 Å². The second-order valence-corrected chi connectivity index (χ2v) is 2.85. The number of rotatable bonds is 3. The van der Waals surface area contributed by atoms with Crippen molar-refractivity contribution in [2.75, 3.05) is 13.2 Å². The Labute approximate surface area is 76.8 Å². The third kappa shape index (κ3) is 1.42. The number of carbonyl (C=O) groups excluding carboxylic acids is 1. The van der Waals surface area contributed by atoms with E-state index in [9.17, 15) is 4.79 Å². The van der Waals surface area contributed by atoms with Gasteiger partial charge in [-0.3, -0.25) is 4.79 Å². The Kier molecular flexibility index (Phi) is 2.04. The van der Waals surface area contributed by atoms with Gasteiger partial charge in [0.2, 0.25) is 6.41 Å². The van der Waals surface area contributed by atoms with Crippen molar-refractivity contribution in [3.63, 3.8) is 0 Å². The Balaban J connectivity index is 2.05. The van der Waals surface area contributed by atoms with Gasteiger partial charge in [-0.1, -0.05) is 12.2 Å². The van der Waals surface area contributed by atoms with E-state index < -0.39 is 0 Å². The van der Waals surface area contributed by atoms with Gasteiger partial charge in [-0.2, -0.15) is 0 Å². The molecule has 1 amide bonds. The molecule has 0 aliphatic carbocycles. The molecule has 0 atom stereocenters. The zero-order chi connectivity index (χ0) is 9.10. The van der Waals surface area contributed by atoms with Crippen LogP contribution in [0, 0.1) is 0 Å². The van der Waals surface area contributed by atoms with Crippen molar-refractivity contribution in [2.24, 2.45) is 0 Å². The van der Waals surface area contributed by atoms with Crippen LogP contribution in [0.25, 0.3) is 0 Å². The molecule has 4 heteroatoms. The molecule has 0 aromatic rings. The van der Waals surface area contributed by atoms with Crippen molar-refractivity contribution in [1.29, 1.82) is 0 Å². The highest BCUT2D eigenvalue weighted by atomic mass is 16.1. The third-order valence-electron chi connectivity index (χ3n) is 2.04. The predicted molar refractivity (Wildman–Crippen MR) is 49.0 cm³/mol. The number of hydrogen-bond donors (Lipinski definition) is 1. The van der Waals surface area contributed by atoms with E-state index in [4.69, 9.17) is 0 Å². The second-order valence-electron chi connectivity index (χ2n) is 2.85. The van der Waals surface area contributed by atoms with Gasteiger partial charge in [-0.25, -0.2) is 0 Å². The highest BCUT2D eigenvalue weighted by Crippen LogP contribution is 2.20. The quantitative estimate of drug-likeness (QED) is 0.625. The fraction of sp³-hybridized carbons (Fsp3) is 0.222. The largest absolute Gasteiger partial charge is 0.341 e. The summed E-state index contributed by atoms with van der Waals surface area (Å²) in [4.78, 5) is 14.2. The zero-order valence-electron chi connectivity index (χ0n) is 7.18. The van der Waals surface area contributed by atoms with Gasteiger partial charge >= 0.3 is 0 Å². The molecule has 13 heavy (non-hydrogen) atoms. The summed E-state index contributed by atoms with van der Waals surface area (Å²) in [6.07, 6.45) is 10.8. The van der Waals surface area contributed by atoms with Crippen LogP contribution in [0.4, 0.5) is 0 Å². The molecule has 0 fully saturated rings. The number of fused-ring (bicyclic) bond motifs is 1. The maximum absolute atomic E-state index is 10.1. The lowest BCUT2D eigenvalue weighted by molar-refractivity contribution is -0.109. The average Bonchev–Trinajstić information content (AvgIpc) is 2.58. The van der Waals surface area contributed by atoms with Gasteiger partial charge in [0.15, 0.2) is 0 Å². The highest BCUT2D eigenvalue weighted by molar-refractivity contribution is 5.45. The fourth-order valence-corrected chi connectivity index (χ4v) is 1.42. The molecule has 0 saturated carbocycles. The minimum absolute atomic E-state index is 0.524. The van der Waals surface area contributed by atoms with Crippen molar-refractivity contribution >= 4 is 6.41 Å². The molecule has 1 N–H and O–H groups in total. The Morgan fingerprint density at radius 3 is 3.31 bits per heavy atom. The first kappa shape index (κ1) is 7.91. The van der Waals surface area contributed by atoms with Crippen LogP contribution in [-0.2, 0) is 4.79 Å². The average molecular weight is 177 g/mol. The lowest BCUT2D eigenvalue weighted by atomic mass is 10.3. The van der Waals surface area contributed by atoms with E-state index in [1.165, 1.54) is 0 Å². The van der Waals surface area contributed by atoms with Crippen molar-refractivity contribution in [2.45, 2.75) is 0 Å². The Morgan fingerprint density at radius 2 is 2.46 bits per heavy atom. The molecule has 4 nitrogen and oxygen atoms in total. The summed E-state index contributed by atoms with van der Waals surface area (Å²) in [6, 6.07) is 0. The first-order valence-corrected chi connectivity index (χ1v) is 4.17. The summed E-state index contributed by atoms with van der Waals surface area (Å²) in [5, 5.41) is 2.63. The normalized spacial score (nSPS) is 18.6. The molecule has 68 valence electrons. The van der Waals surface area contributed by atoms with E-state index in [-0.39, 0.29) is 0 Å². The number of carbonyl (C=O) groups is 1. The lowest BCUT2D eigenvalue weighted by Crippen LogP contribution is -2.31. The van der Waals surface area contributed by atoms with Crippen LogP contribution in [0.2, 0.25) is 0 Å². The van der Waals surface area contributed by atoms with Crippen LogP contribution in [0.5, 0.6) is 0 Å². The standard InChI is InChI=1S/C9H11N3O/c13-8-10-7-12-6-5-11-4-2-1-3-9(11)12/h1-3,5-6,8H,4,7H2,(H,10,13). The summed E-state index contributed by atoms with van der Waals surface area (Å²) in [5.74, 6) is 1.11. The summed E-state index contributed by atoms with van der Waals surface area (Å²) in [6.45, 7) is 1.43. The molecule has 2 rings (SSSR count). The highest BCUT2D eigenvalue weighted by Gasteiger charge is 2.18. The van der Waals surface area contributed by atoms with E-state index in [2.05, 4.69) is 16.3 Å². The topological polar surface area (TPSA) is 35.6 Å². The molecule has 0 aromatic heterocycles. The maximum Gasteiger partial charge on any atom is 0.208 e. The van der Waals surface area contributed by atoms with Gasteiger partial charge < -0.3 is 15.1 Å². The van der Waals surface area contributed by atoms with Crippen LogP contribution in [0.3, 0.4) is 0 Å². The summed E-state index contributed by atoms with van der Waals surface area (Å²) < 4.78 is 0. The molecule has 2 aliphatic heterocycles. The zero-order valence-corrected chi connectivity index (χ0v) is 7.18. The van der Waals surface area contributed by atoms with E-state index in [0.717, 1.165) is 12.4 Å². The molecular weight excluding hydrogens is 166 g/mol. The van der Waals surface area contributed by atoms with Gasteiger partial charge in [-0.05, 0) is 6.08 Å². The van der Waals surface area contributed by atoms with Gasteiger partial charge in [-0.15, -0.1) is 0 Å². The molecule has 0 bridgehead atoms.